The number of aromatic nitrogens is 1. The lowest BCUT2D eigenvalue weighted by molar-refractivity contribution is -0.132. The average Bonchev–Trinajstić information content (AvgIpc) is 3.55. The van der Waals surface area contributed by atoms with Crippen LogP contribution in [-0.4, -0.2) is 21.7 Å². The van der Waals surface area contributed by atoms with Crippen LogP contribution in [0.15, 0.2) is 81.3 Å². The minimum Gasteiger partial charge on any atom is -0.467 e. The van der Waals surface area contributed by atoms with E-state index in [0.29, 0.717) is 41.9 Å². The molecule has 0 aliphatic rings. The third-order valence-corrected chi connectivity index (χ3v) is 5.43. The van der Waals surface area contributed by atoms with Crippen LogP contribution in [0, 0.1) is 0 Å². The van der Waals surface area contributed by atoms with Crippen molar-refractivity contribution in [3.8, 4) is 0 Å². The third kappa shape index (κ3) is 5.70. The van der Waals surface area contributed by atoms with Crippen molar-refractivity contribution >= 4 is 23.2 Å². The quantitative estimate of drug-likeness (QED) is 0.429. The zero-order chi connectivity index (χ0) is 21.5. The number of carbonyl (C=O) groups is 2. The summed E-state index contributed by atoms with van der Waals surface area (Å²) in [6.45, 7) is 0.916. The summed E-state index contributed by atoms with van der Waals surface area (Å²) in [5.41, 5.74) is 1.26. The minimum absolute atomic E-state index is 0.0402. The van der Waals surface area contributed by atoms with Crippen molar-refractivity contribution in [3.63, 3.8) is 0 Å². The smallest absolute Gasteiger partial charge is 0.271 e. The summed E-state index contributed by atoms with van der Waals surface area (Å²) in [5, 5.41) is 5.15. The Balaban J connectivity index is 1.42. The van der Waals surface area contributed by atoms with E-state index in [4.69, 9.17) is 8.83 Å². The maximum Gasteiger partial charge on any atom is 0.271 e. The first-order valence-electron chi connectivity index (χ1n) is 9.76. The molecule has 4 aromatic rings. The molecule has 158 valence electrons. The van der Waals surface area contributed by atoms with Gasteiger partial charge in [0.15, 0.2) is 0 Å². The predicted molar refractivity (Wildman–Crippen MR) is 115 cm³/mol. The molecule has 3 aromatic heterocycles. The fourth-order valence-corrected chi connectivity index (χ4v) is 3.82. The van der Waals surface area contributed by atoms with Crippen molar-refractivity contribution in [2.75, 3.05) is 0 Å². The lowest BCUT2D eigenvalue weighted by Gasteiger charge is -2.20. The first-order valence-corrected chi connectivity index (χ1v) is 10.6. The van der Waals surface area contributed by atoms with Gasteiger partial charge in [-0.05, 0) is 29.8 Å². The van der Waals surface area contributed by atoms with Gasteiger partial charge in [0.25, 0.3) is 5.91 Å². The van der Waals surface area contributed by atoms with Gasteiger partial charge in [-0.15, -0.1) is 11.3 Å². The van der Waals surface area contributed by atoms with E-state index in [1.165, 1.54) is 11.3 Å². The molecule has 0 aliphatic carbocycles. The number of amides is 2. The number of hydrogen-bond acceptors (Lipinski definition) is 6. The highest BCUT2D eigenvalue weighted by Crippen LogP contribution is 2.17. The molecule has 0 radical (unpaired) electrons. The van der Waals surface area contributed by atoms with Gasteiger partial charge in [-0.25, -0.2) is 4.98 Å². The average molecular weight is 436 g/mol. The molecule has 8 heteroatoms. The summed E-state index contributed by atoms with van der Waals surface area (Å²) in [4.78, 5) is 31.5. The van der Waals surface area contributed by atoms with Gasteiger partial charge in [0.05, 0.1) is 38.6 Å². The number of thiazole rings is 1. The van der Waals surface area contributed by atoms with Crippen LogP contribution in [0.3, 0.4) is 0 Å². The lowest BCUT2D eigenvalue weighted by atomic mass is 10.1. The first-order chi connectivity index (χ1) is 15.2. The van der Waals surface area contributed by atoms with E-state index >= 15 is 0 Å². The molecule has 4 rings (SSSR count). The zero-order valence-corrected chi connectivity index (χ0v) is 17.5. The van der Waals surface area contributed by atoms with Crippen LogP contribution in [0.5, 0.6) is 0 Å². The Kier molecular flexibility index (Phi) is 6.59. The summed E-state index contributed by atoms with van der Waals surface area (Å²) in [5.74, 6) is 1.03. The highest BCUT2D eigenvalue weighted by molar-refractivity contribution is 7.09. The van der Waals surface area contributed by atoms with Crippen LogP contribution in [0.1, 0.15) is 32.6 Å². The minimum atomic E-state index is -0.285. The van der Waals surface area contributed by atoms with Crippen molar-refractivity contribution in [3.05, 3.63) is 100 Å². The Hall–Kier alpha value is -3.65. The van der Waals surface area contributed by atoms with Crippen LogP contribution in [0.4, 0.5) is 0 Å². The molecule has 0 bridgehead atoms. The van der Waals surface area contributed by atoms with Crippen LogP contribution in [-0.2, 0) is 30.8 Å². The molecule has 1 aromatic carbocycles. The van der Waals surface area contributed by atoms with E-state index in [-0.39, 0.29) is 18.2 Å². The van der Waals surface area contributed by atoms with Gasteiger partial charge >= 0.3 is 0 Å². The Morgan fingerprint density at radius 1 is 0.935 bits per heavy atom. The van der Waals surface area contributed by atoms with Crippen molar-refractivity contribution < 1.29 is 18.4 Å². The molecule has 0 atom stereocenters. The molecule has 1 N–H and O–H groups in total. The van der Waals surface area contributed by atoms with E-state index in [2.05, 4.69) is 10.3 Å². The fraction of sp³-hybridized carbons (Fsp3) is 0.174. The van der Waals surface area contributed by atoms with E-state index in [0.717, 1.165) is 5.56 Å². The number of furan rings is 2. The molecule has 0 fully saturated rings. The number of hydrogen-bond donors (Lipinski definition) is 1. The van der Waals surface area contributed by atoms with Crippen molar-refractivity contribution in [2.24, 2.45) is 0 Å². The van der Waals surface area contributed by atoms with Crippen LogP contribution in [0.2, 0.25) is 0 Å². The third-order valence-electron chi connectivity index (χ3n) is 4.59. The molecular weight excluding hydrogens is 414 g/mol. The molecule has 7 nitrogen and oxygen atoms in total. The molecular formula is C23H21N3O4S. The van der Waals surface area contributed by atoms with Crippen molar-refractivity contribution in [2.45, 2.75) is 26.1 Å². The summed E-state index contributed by atoms with van der Waals surface area (Å²) in [7, 11) is 0. The molecule has 3 heterocycles. The Morgan fingerprint density at radius 3 is 2.39 bits per heavy atom. The maximum absolute atomic E-state index is 13.0. The topological polar surface area (TPSA) is 88.6 Å². The predicted octanol–water partition coefficient (Wildman–Crippen LogP) is 4.03. The second kappa shape index (κ2) is 9.90. The largest absolute Gasteiger partial charge is 0.467 e. The summed E-state index contributed by atoms with van der Waals surface area (Å²) < 4.78 is 10.6. The molecule has 31 heavy (non-hydrogen) atoms. The number of carbonyl (C=O) groups excluding carboxylic acids is 2. The second-order valence-electron chi connectivity index (χ2n) is 6.88. The normalized spacial score (nSPS) is 10.7. The first kappa shape index (κ1) is 20.6. The van der Waals surface area contributed by atoms with E-state index in [9.17, 15) is 9.59 Å². The van der Waals surface area contributed by atoms with Gasteiger partial charge < -0.3 is 19.1 Å². The lowest BCUT2D eigenvalue weighted by Crippen LogP contribution is -2.31. The molecule has 0 saturated heterocycles. The van der Waals surface area contributed by atoms with Gasteiger partial charge in [-0.3, -0.25) is 9.59 Å². The summed E-state index contributed by atoms with van der Waals surface area (Å²) >= 11 is 1.35. The summed E-state index contributed by atoms with van der Waals surface area (Å²) in [6.07, 6.45) is 3.42. The van der Waals surface area contributed by atoms with Gasteiger partial charge in [0.1, 0.15) is 22.2 Å². The summed E-state index contributed by atoms with van der Waals surface area (Å²) in [6, 6.07) is 16.8. The highest BCUT2D eigenvalue weighted by Gasteiger charge is 2.19. The fourth-order valence-electron chi connectivity index (χ4n) is 3.03. The maximum atomic E-state index is 13.0. The molecule has 2 amide bonds. The van der Waals surface area contributed by atoms with Gasteiger partial charge in [0.2, 0.25) is 5.91 Å². The standard InChI is InChI=1S/C23H21N3O4S/c27-22(12-17-6-2-1-3-7-17)26(14-19-9-5-11-30-19)15-21-25-20(16-31-21)23(28)24-13-18-8-4-10-29-18/h1-11,16H,12-15H2,(H,24,28). The highest BCUT2D eigenvalue weighted by atomic mass is 32.1. The van der Waals surface area contributed by atoms with Gasteiger partial charge in [-0.1, -0.05) is 30.3 Å². The Labute approximate surface area is 183 Å². The number of nitrogens with zero attached hydrogens (tertiary/aromatic N) is 2. The molecule has 0 saturated carbocycles. The number of rotatable bonds is 9. The monoisotopic (exact) mass is 435 g/mol. The second-order valence-corrected chi connectivity index (χ2v) is 7.82. The number of nitrogens with one attached hydrogen (secondary N) is 1. The van der Waals surface area contributed by atoms with Gasteiger partial charge in [-0.2, -0.15) is 0 Å². The van der Waals surface area contributed by atoms with Crippen molar-refractivity contribution in [1.29, 1.82) is 0 Å². The van der Waals surface area contributed by atoms with Crippen LogP contribution in [0.25, 0.3) is 0 Å². The molecule has 0 spiro atoms. The molecule has 0 unspecified atom stereocenters. The van der Waals surface area contributed by atoms with Crippen LogP contribution >= 0.6 is 11.3 Å². The SMILES string of the molecule is O=C(NCc1ccco1)c1csc(CN(Cc2ccco2)C(=O)Cc2ccccc2)n1. The van der Waals surface area contributed by atoms with E-state index in [1.54, 1.807) is 41.0 Å². The van der Waals surface area contributed by atoms with Crippen molar-refractivity contribution in [1.82, 2.24) is 15.2 Å². The zero-order valence-electron chi connectivity index (χ0n) is 16.7. The van der Waals surface area contributed by atoms with E-state index in [1.807, 2.05) is 36.4 Å². The Morgan fingerprint density at radius 2 is 1.68 bits per heavy atom. The molecule has 0 aliphatic heterocycles. The van der Waals surface area contributed by atoms with Crippen LogP contribution < -0.4 is 5.32 Å². The number of benzene rings is 1. The Bertz CT molecular complexity index is 1110. The van der Waals surface area contributed by atoms with E-state index < -0.39 is 0 Å². The van der Waals surface area contributed by atoms with Gasteiger partial charge in [0, 0.05) is 5.38 Å².